The van der Waals surface area contributed by atoms with E-state index in [1.165, 1.54) is 31.4 Å². The molecular weight excluding hydrogens is 417 g/mol. The van der Waals surface area contributed by atoms with E-state index in [1.54, 1.807) is 12.1 Å². The Labute approximate surface area is 165 Å². The fourth-order valence-electron chi connectivity index (χ4n) is 1.99. The molecule has 1 aromatic heterocycles. The Hall–Kier alpha value is -2.36. The number of hydrogen-bond donors (Lipinski definition) is 2. The van der Waals surface area contributed by atoms with E-state index in [4.69, 9.17) is 23.2 Å². The van der Waals surface area contributed by atoms with E-state index in [0.717, 1.165) is 0 Å². The van der Waals surface area contributed by atoms with Gasteiger partial charge in [-0.2, -0.15) is 0 Å². The maximum absolute atomic E-state index is 12.4. The molecular formula is C16H15Cl2N3O5S. The molecule has 0 bridgehead atoms. The number of amides is 1. The molecule has 1 heterocycles. The summed E-state index contributed by atoms with van der Waals surface area (Å²) >= 11 is 11.5. The van der Waals surface area contributed by atoms with Crippen LogP contribution in [0.5, 0.6) is 0 Å². The van der Waals surface area contributed by atoms with Crippen LogP contribution in [0.3, 0.4) is 0 Å². The zero-order chi connectivity index (χ0) is 20.0. The number of halogens is 2. The molecule has 0 aliphatic rings. The van der Waals surface area contributed by atoms with Gasteiger partial charge in [-0.25, -0.2) is 13.4 Å². The number of carbonyl (C=O) groups is 2. The maximum atomic E-state index is 12.4. The summed E-state index contributed by atoms with van der Waals surface area (Å²) in [5, 5.41) is 2.25. The molecule has 2 rings (SSSR count). The van der Waals surface area contributed by atoms with E-state index in [-0.39, 0.29) is 39.8 Å². The van der Waals surface area contributed by atoms with Crippen LogP contribution in [0.15, 0.2) is 41.3 Å². The predicted octanol–water partition coefficient (Wildman–Crippen LogP) is 2.02. The zero-order valence-electron chi connectivity index (χ0n) is 14.0. The monoisotopic (exact) mass is 431 g/mol. The molecule has 1 aromatic carbocycles. The number of methoxy groups -OCH3 is 1. The minimum Gasteiger partial charge on any atom is -0.468 e. The van der Waals surface area contributed by atoms with Gasteiger partial charge >= 0.3 is 5.97 Å². The molecule has 1 amide bonds. The largest absolute Gasteiger partial charge is 0.468 e. The van der Waals surface area contributed by atoms with Crippen LogP contribution in [0.1, 0.15) is 5.56 Å². The predicted molar refractivity (Wildman–Crippen MR) is 100 cm³/mol. The third-order valence-corrected chi connectivity index (χ3v) is 5.32. The molecule has 0 aliphatic carbocycles. The van der Waals surface area contributed by atoms with Crippen LogP contribution in [-0.2, 0) is 30.8 Å². The fraction of sp³-hybridized carbons (Fsp3) is 0.188. The third-order valence-electron chi connectivity index (χ3n) is 3.30. The summed E-state index contributed by atoms with van der Waals surface area (Å²) in [5.74, 6) is -0.920. The Morgan fingerprint density at radius 2 is 1.78 bits per heavy atom. The molecule has 2 N–H and O–H groups in total. The molecule has 144 valence electrons. The van der Waals surface area contributed by atoms with Crippen molar-refractivity contribution >= 4 is 50.8 Å². The molecule has 0 radical (unpaired) electrons. The number of nitrogens with one attached hydrogen (secondary N) is 2. The summed E-state index contributed by atoms with van der Waals surface area (Å²) in [6, 6.07) is 8.72. The molecule has 2 aromatic rings. The highest BCUT2D eigenvalue weighted by atomic mass is 35.5. The van der Waals surface area contributed by atoms with Gasteiger partial charge in [0.1, 0.15) is 16.6 Å². The second-order valence-corrected chi connectivity index (χ2v) is 7.65. The van der Waals surface area contributed by atoms with Gasteiger partial charge in [-0.05, 0) is 29.8 Å². The molecule has 27 heavy (non-hydrogen) atoms. The van der Waals surface area contributed by atoms with Crippen molar-refractivity contribution in [1.82, 2.24) is 10.3 Å². The van der Waals surface area contributed by atoms with Crippen molar-refractivity contribution in [3.8, 4) is 0 Å². The second-order valence-electron chi connectivity index (χ2n) is 5.25. The lowest BCUT2D eigenvalue weighted by molar-refractivity contribution is -0.141. The van der Waals surface area contributed by atoms with Crippen LogP contribution in [-0.4, -0.2) is 38.9 Å². The summed E-state index contributed by atoms with van der Waals surface area (Å²) in [4.78, 5) is 26.2. The molecule has 0 spiro atoms. The van der Waals surface area contributed by atoms with Crippen molar-refractivity contribution in [3.05, 3.63) is 52.3 Å². The van der Waals surface area contributed by atoms with Crippen LogP contribution in [0.2, 0.25) is 10.3 Å². The van der Waals surface area contributed by atoms with Gasteiger partial charge in [0.15, 0.2) is 5.15 Å². The van der Waals surface area contributed by atoms with Crippen LogP contribution in [0.4, 0.5) is 5.69 Å². The van der Waals surface area contributed by atoms with Gasteiger partial charge < -0.3 is 10.1 Å². The van der Waals surface area contributed by atoms with Crippen molar-refractivity contribution in [2.75, 3.05) is 18.4 Å². The summed E-state index contributed by atoms with van der Waals surface area (Å²) in [5.41, 5.74) is 0.909. The van der Waals surface area contributed by atoms with Gasteiger partial charge in [-0.15, -0.1) is 0 Å². The Bertz CT molecular complexity index is 949. The first-order valence-electron chi connectivity index (χ1n) is 7.48. The molecule has 0 saturated heterocycles. The van der Waals surface area contributed by atoms with Gasteiger partial charge in [-0.3, -0.25) is 14.3 Å². The molecule has 0 unspecified atom stereocenters. The van der Waals surface area contributed by atoms with Gasteiger partial charge in [0, 0.05) is 5.69 Å². The number of carbonyl (C=O) groups excluding carboxylic acids is 2. The molecule has 0 atom stereocenters. The number of rotatable bonds is 7. The minimum absolute atomic E-state index is 0.0248. The number of ether oxygens (including phenoxy) is 1. The number of hydrogen-bond acceptors (Lipinski definition) is 6. The van der Waals surface area contributed by atoms with Crippen molar-refractivity contribution in [1.29, 1.82) is 0 Å². The average molecular weight is 432 g/mol. The fourth-order valence-corrected chi connectivity index (χ4v) is 3.71. The highest BCUT2D eigenvalue weighted by Gasteiger charge is 2.19. The topological polar surface area (TPSA) is 114 Å². The number of benzene rings is 1. The van der Waals surface area contributed by atoms with E-state index in [1.807, 2.05) is 0 Å². The van der Waals surface area contributed by atoms with E-state index in [9.17, 15) is 18.0 Å². The van der Waals surface area contributed by atoms with Crippen molar-refractivity contribution in [2.24, 2.45) is 0 Å². The van der Waals surface area contributed by atoms with Gasteiger partial charge in [-0.1, -0.05) is 35.3 Å². The molecule has 8 nitrogen and oxygen atoms in total. The van der Waals surface area contributed by atoms with Crippen molar-refractivity contribution < 1.29 is 22.7 Å². The SMILES string of the molecule is COC(=O)CNC(=O)Cc1ccc(NS(=O)(=O)c2ccc(Cl)nc2Cl)cc1. The third kappa shape index (κ3) is 6.09. The Kier molecular flexibility index (Phi) is 7.00. The lowest BCUT2D eigenvalue weighted by atomic mass is 10.1. The van der Waals surface area contributed by atoms with Crippen LogP contribution in [0, 0.1) is 0 Å². The van der Waals surface area contributed by atoms with E-state index in [2.05, 4.69) is 19.8 Å². The van der Waals surface area contributed by atoms with Crippen LogP contribution in [0.25, 0.3) is 0 Å². The summed E-state index contributed by atoms with van der Waals surface area (Å²) < 4.78 is 31.6. The van der Waals surface area contributed by atoms with E-state index < -0.39 is 16.0 Å². The number of pyridine rings is 1. The second kappa shape index (κ2) is 9.03. The lowest BCUT2D eigenvalue weighted by Crippen LogP contribution is -2.31. The minimum atomic E-state index is -3.95. The summed E-state index contributed by atoms with van der Waals surface area (Å²) in [6.07, 6.45) is 0.0248. The molecule has 11 heteroatoms. The number of nitrogens with zero attached hydrogens (tertiary/aromatic N) is 1. The first-order chi connectivity index (χ1) is 12.7. The number of esters is 1. The highest BCUT2D eigenvalue weighted by Crippen LogP contribution is 2.24. The molecule has 0 fully saturated rings. The zero-order valence-corrected chi connectivity index (χ0v) is 16.4. The standard InChI is InChI=1S/C16H15Cl2N3O5S/c1-26-15(23)9-19-14(22)8-10-2-4-11(5-3-10)21-27(24,25)12-6-7-13(17)20-16(12)18/h2-7,21H,8-9H2,1H3,(H,19,22). The first-order valence-corrected chi connectivity index (χ1v) is 9.72. The maximum Gasteiger partial charge on any atom is 0.325 e. The van der Waals surface area contributed by atoms with Gasteiger partial charge in [0.25, 0.3) is 10.0 Å². The van der Waals surface area contributed by atoms with E-state index >= 15 is 0 Å². The normalized spacial score (nSPS) is 10.9. The lowest BCUT2D eigenvalue weighted by Gasteiger charge is -2.10. The smallest absolute Gasteiger partial charge is 0.325 e. The molecule has 0 saturated carbocycles. The Morgan fingerprint density at radius 3 is 2.37 bits per heavy atom. The van der Waals surface area contributed by atoms with Gasteiger partial charge in [0.05, 0.1) is 13.5 Å². The summed E-state index contributed by atoms with van der Waals surface area (Å²) in [7, 11) is -2.73. The van der Waals surface area contributed by atoms with Crippen LogP contribution < -0.4 is 10.0 Å². The van der Waals surface area contributed by atoms with Crippen molar-refractivity contribution in [2.45, 2.75) is 11.3 Å². The number of sulfonamides is 1. The summed E-state index contributed by atoms with van der Waals surface area (Å²) in [6.45, 7) is -0.219. The van der Waals surface area contributed by atoms with E-state index in [0.29, 0.717) is 5.56 Å². The number of anilines is 1. The highest BCUT2D eigenvalue weighted by molar-refractivity contribution is 7.92. The average Bonchev–Trinajstić information content (AvgIpc) is 2.60. The number of aromatic nitrogens is 1. The molecule has 0 aliphatic heterocycles. The Morgan fingerprint density at radius 1 is 1.11 bits per heavy atom. The quantitative estimate of drug-likeness (QED) is 0.511. The Balaban J connectivity index is 2.02. The first kappa shape index (κ1) is 20.9. The van der Waals surface area contributed by atoms with Crippen LogP contribution >= 0.6 is 23.2 Å². The van der Waals surface area contributed by atoms with Crippen molar-refractivity contribution in [3.63, 3.8) is 0 Å². The van der Waals surface area contributed by atoms with Gasteiger partial charge in [0.2, 0.25) is 5.91 Å².